The van der Waals surface area contributed by atoms with Crippen molar-refractivity contribution >= 4 is 17.6 Å². The Labute approximate surface area is 98.8 Å². The van der Waals surface area contributed by atoms with Crippen LogP contribution in [0.25, 0.3) is 0 Å². The van der Waals surface area contributed by atoms with Crippen LogP contribution in [0.3, 0.4) is 0 Å². The second-order valence-electron chi connectivity index (χ2n) is 3.62. The van der Waals surface area contributed by atoms with Crippen molar-refractivity contribution in [2.24, 2.45) is 5.73 Å². The highest BCUT2D eigenvalue weighted by molar-refractivity contribution is 5.89. The molecule has 92 valence electrons. The van der Waals surface area contributed by atoms with Crippen LogP contribution in [0.4, 0.5) is 10.5 Å². The molecular weight excluding hydrogens is 222 g/mol. The summed E-state index contributed by atoms with van der Waals surface area (Å²) in [4.78, 5) is 21.9. The predicted molar refractivity (Wildman–Crippen MR) is 63.4 cm³/mol. The number of carbonyl (C=O) groups excluding carboxylic acids is 2. The highest BCUT2D eigenvalue weighted by Crippen LogP contribution is 2.08. The zero-order valence-electron chi connectivity index (χ0n) is 9.43. The van der Waals surface area contributed by atoms with E-state index < -0.39 is 18.0 Å². The van der Waals surface area contributed by atoms with E-state index in [1.54, 1.807) is 12.1 Å². The number of benzene rings is 1. The third-order valence-electron chi connectivity index (χ3n) is 2.06. The Kier molecular flexibility index (Phi) is 4.47. The third kappa shape index (κ3) is 4.52. The van der Waals surface area contributed by atoms with E-state index in [0.717, 1.165) is 5.56 Å². The Bertz CT molecular complexity index is 420. The largest absolute Gasteiger partial charge is 0.381 e. The zero-order chi connectivity index (χ0) is 12.8. The molecule has 1 atom stereocenters. The summed E-state index contributed by atoms with van der Waals surface area (Å²) < 4.78 is 0. The van der Waals surface area contributed by atoms with Gasteiger partial charge in [-0.25, -0.2) is 4.79 Å². The molecule has 3 amide bonds. The number of anilines is 1. The Balaban J connectivity index is 2.42. The Morgan fingerprint density at radius 3 is 2.76 bits per heavy atom. The Morgan fingerprint density at radius 1 is 1.47 bits per heavy atom. The van der Waals surface area contributed by atoms with Crippen molar-refractivity contribution in [2.45, 2.75) is 13.0 Å². The number of nitrogens with one attached hydrogen (secondary N) is 2. The van der Waals surface area contributed by atoms with Gasteiger partial charge in [0.05, 0.1) is 6.54 Å². The molecule has 1 aromatic rings. The Hall–Kier alpha value is -2.08. The summed E-state index contributed by atoms with van der Waals surface area (Å²) in [5.74, 6) is -0.874. The summed E-state index contributed by atoms with van der Waals surface area (Å²) in [7, 11) is 0. The minimum atomic E-state index is -1.38. The van der Waals surface area contributed by atoms with E-state index in [2.05, 4.69) is 10.6 Å². The first kappa shape index (κ1) is 13.0. The van der Waals surface area contributed by atoms with Crippen molar-refractivity contribution < 1.29 is 14.7 Å². The maximum Gasteiger partial charge on any atom is 0.319 e. The topological polar surface area (TPSA) is 104 Å². The summed E-state index contributed by atoms with van der Waals surface area (Å²) in [6, 6.07) is 6.74. The summed E-state index contributed by atoms with van der Waals surface area (Å²) in [6.07, 6.45) is -1.38. The van der Waals surface area contributed by atoms with Gasteiger partial charge in [0.15, 0.2) is 0 Å². The molecule has 0 aliphatic carbocycles. The van der Waals surface area contributed by atoms with Gasteiger partial charge in [-0.05, 0) is 24.6 Å². The molecule has 1 unspecified atom stereocenters. The van der Waals surface area contributed by atoms with Crippen molar-refractivity contribution in [3.8, 4) is 0 Å². The van der Waals surface area contributed by atoms with Crippen molar-refractivity contribution in [3.63, 3.8) is 0 Å². The maximum absolute atomic E-state index is 11.4. The van der Waals surface area contributed by atoms with Crippen LogP contribution >= 0.6 is 0 Å². The van der Waals surface area contributed by atoms with Crippen LogP contribution < -0.4 is 16.4 Å². The van der Waals surface area contributed by atoms with Crippen molar-refractivity contribution in [1.29, 1.82) is 0 Å². The molecule has 1 aromatic carbocycles. The number of hydrogen-bond donors (Lipinski definition) is 4. The van der Waals surface area contributed by atoms with E-state index in [1.807, 2.05) is 19.1 Å². The number of aryl methyl sites for hydroxylation is 1. The van der Waals surface area contributed by atoms with Gasteiger partial charge in [0, 0.05) is 5.69 Å². The average molecular weight is 237 g/mol. The van der Waals surface area contributed by atoms with E-state index in [1.165, 1.54) is 0 Å². The lowest BCUT2D eigenvalue weighted by atomic mass is 10.2. The molecule has 1 rings (SSSR count). The lowest BCUT2D eigenvalue weighted by Gasteiger charge is -2.10. The monoisotopic (exact) mass is 237 g/mol. The summed E-state index contributed by atoms with van der Waals surface area (Å²) >= 11 is 0. The van der Waals surface area contributed by atoms with Crippen molar-refractivity contribution in [2.75, 3.05) is 11.9 Å². The quantitative estimate of drug-likeness (QED) is 0.590. The van der Waals surface area contributed by atoms with Crippen LogP contribution in [-0.2, 0) is 4.79 Å². The molecule has 6 nitrogen and oxygen atoms in total. The van der Waals surface area contributed by atoms with Crippen LogP contribution in [0.5, 0.6) is 0 Å². The van der Waals surface area contributed by atoms with Gasteiger partial charge in [0.2, 0.25) is 5.91 Å². The van der Waals surface area contributed by atoms with Gasteiger partial charge in [0.1, 0.15) is 6.10 Å². The lowest BCUT2D eigenvalue weighted by molar-refractivity contribution is -0.125. The summed E-state index contributed by atoms with van der Waals surface area (Å²) in [5, 5.41) is 14.0. The number of aliphatic hydroxyl groups excluding tert-OH is 1. The minimum absolute atomic E-state index is 0.215. The minimum Gasteiger partial charge on any atom is -0.381 e. The summed E-state index contributed by atoms with van der Waals surface area (Å²) in [5.41, 5.74) is 6.48. The van der Waals surface area contributed by atoms with Gasteiger partial charge >= 0.3 is 6.03 Å². The van der Waals surface area contributed by atoms with E-state index in [0.29, 0.717) is 5.69 Å². The number of rotatable bonds is 4. The number of amides is 3. The molecule has 17 heavy (non-hydrogen) atoms. The number of carbonyl (C=O) groups is 2. The molecule has 0 aromatic heterocycles. The van der Waals surface area contributed by atoms with Gasteiger partial charge in [-0.1, -0.05) is 12.1 Å². The molecular formula is C11H15N3O3. The number of primary amides is 1. The number of aliphatic hydroxyl groups is 1. The maximum atomic E-state index is 11.4. The smallest absolute Gasteiger partial charge is 0.319 e. The molecule has 0 aliphatic rings. The van der Waals surface area contributed by atoms with Crippen LogP contribution in [0.1, 0.15) is 5.56 Å². The van der Waals surface area contributed by atoms with E-state index in [-0.39, 0.29) is 6.54 Å². The summed E-state index contributed by atoms with van der Waals surface area (Å²) in [6.45, 7) is 1.69. The average Bonchev–Trinajstić information content (AvgIpc) is 2.25. The van der Waals surface area contributed by atoms with Gasteiger partial charge in [-0.3, -0.25) is 4.79 Å². The SMILES string of the molecule is Cc1cccc(NC(=O)NCC(O)C(N)=O)c1. The molecule has 0 fully saturated rings. The van der Waals surface area contributed by atoms with Crippen molar-refractivity contribution in [1.82, 2.24) is 5.32 Å². The molecule has 0 saturated heterocycles. The zero-order valence-corrected chi connectivity index (χ0v) is 9.43. The second kappa shape index (κ2) is 5.86. The first-order valence-electron chi connectivity index (χ1n) is 5.08. The standard InChI is InChI=1S/C11H15N3O3/c1-7-3-2-4-8(5-7)14-11(17)13-6-9(15)10(12)16/h2-5,9,15H,6H2,1H3,(H2,12,16)(H2,13,14,17). The fourth-order valence-corrected chi connectivity index (χ4v) is 1.19. The van der Waals surface area contributed by atoms with Crippen LogP contribution in [0.15, 0.2) is 24.3 Å². The molecule has 0 saturated carbocycles. The fourth-order valence-electron chi connectivity index (χ4n) is 1.19. The number of nitrogens with two attached hydrogens (primary N) is 1. The van der Waals surface area contributed by atoms with Crippen molar-refractivity contribution in [3.05, 3.63) is 29.8 Å². The third-order valence-corrected chi connectivity index (χ3v) is 2.06. The van der Waals surface area contributed by atoms with E-state index >= 15 is 0 Å². The highest BCUT2D eigenvalue weighted by Gasteiger charge is 2.11. The number of urea groups is 1. The normalized spacial score (nSPS) is 11.6. The van der Waals surface area contributed by atoms with Gasteiger partial charge in [-0.15, -0.1) is 0 Å². The molecule has 0 aliphatic heterocycles. The Morgan fingerprint density at radius 2 is 2.18 bits per heavy atom. The molecule has 0 radical (unpaired) electrons. The van der Waals surface area contributed by atoms with Gasteiger partial charge in [0.25, 0.3) is 0 Å². The van der Waals surface area contributed by atoms with E-state index in [4.69, 9.17) is 10.8 Å². The molecule has 5 N–H and O–H groups in total. The predicted octanol–water partition coefficient (Wildman–Crippen LogP) is -0.0373. The lowest BCUT2D eigenvalue weighted by Crippen LogP contribution is -2.41. The van der Waals surface area contributed by atoms with Crippen LogP contribution in [0, 0.1) is 6.92 Å². The molecule has 0 bridgehead atoms. The molecule has 6 heteroatoms. The fraction of sp³-hybridized carbons (Fsp3) is 0.273. The van der Waals surface area contributed by atoms with Gasteiger partial charge < -0.3 is 21.5 Å². The molecule has 0 heterocycles. The van der Waals surface area contributed by atoms with Crippen LogP contribution in [-0.4, -0.2) is 29.7 Å². The number of hydrogen-bond acceptors (Lipinski definition) is 3. The highest BCUT2D eigenvalue weighted by atomic mass is 16.3. The first-order chi connectivity index (χ1) is 7.99. The first-order valence-corrected chi connectivity index (χ1v) is 5.08. The molecule has 0 spiro atoms. The second-order valence-corrected chi connectivity index (χ2v) is 3.62. The van der Waals surface area contributed by atoms with Gasteiger partial charge in [-0.2, -0.15) is 0 Å². The van der Waals surface area contributed by atoms with Crippen LogP contribution in [0.2, 0.25) is 0 Å². The van der Waals surface area contributed by atoms with E-state index in [9.17, 15) is 9.59 Å².